The summed E-state index contributed by atoms with van der Waals surface area (Å²) in [7, 11) is 0. The minimum atomic E-state index is -0.529. The van der Waals surface area contributed by atoms with Crippen LogP contribution in [0.5, 0.6) is 0 Å². The van der Waals surface area contributed by atoms with Crippen LogP contribution in [-0.4, -0.2) is 29.0 Å². The summed E-state index contributed by atoms with van der Waals surface area (Å²) in [5, 5.41) is 10.3. The Labute approximate surface area is 104 Å². The average molecular weight is 249 g/mol. The van der Waals surface area contributed by atoms with E-state index >= 15 is 0 Å². The fourth-order valence-electron chi connectivity index (χ4n) is 1.47. The standard InChI is InChI=1S/C13H15NO4/c1-4-12(16)10(7-15)9-6-11(14-8(9)3)13(17)18-5-2/h4,6-7,14,16H,3,5H2,1-2H3/b10-9-,12-4+. The zero-order chi connectivity index (χ0) is 13.7. The molecule has 0 unspecified atom stereocenters. The first-order valence-corrected chi connectivity index (χ1v) is 5.45. The Morgan fingerprint density at radius 1 is 1.61 bits per heavy atom. The Morgan fingerprint density at radius 2 is 2.28 bits per heavy atom. The van der Waals surface area contributed by atoms with Crippen LogP contribution in [0.3, 0.4) is 0 Å². The van der Waals surface area contributed by atoms with Gasteiger partial charge in [-0.25, -0.2) is 4.79 Å². The zero-order valence-corrected chi connectivity index (χ0v) is 10.3. The topological polar surface area (TPSA) is 79.4 Å². The highest BCUT2D eigenvalue weighted by Crippen LogP contribution is 2.02. The second-order valence-corrected chi connectivity index (χ2v) is 3.50. The summed E-state index contributed by atoms with van der Waals surface area (Å²) in [4.78, 5) is 25.2. The normalized spacial score (nSPS) is 13.1. The Kier molecular flexibility index (Phi) is 4.48. The van der Waals surface area contributed by atoms with E-state index in [4.69, 9.17) is 4.74 Å². The van der Waals surface area contributed by atoms with Crippen LogP contribution in [0.25, 0.3) is 12.2 Å². The smallest absolute Gasteiger partial charge is 0.354 e. The van der Waals surface area contributed by atoms with Gasteiger partial charge in [-0.1, -0.05) is 6.58 Å². The molecule has 1 rings (SSSR count). The van der Waals surface area contributed by atoms with Crippen LogP contribution >= 0.6 is 0 Å². The summed E-state index contributed by atoms with van der Waals surface area (Å²) in [6.07, 6.45) is 1.91. The van der Waals surface area contributed by atoms with Crippen molar-refractivity contribution in [3.8, 4) is 0 Å². The monoisotopic (exact) mass is 249 g/mol. The molecule has 0 aromatic carbocycles. The fraction of sp³-hybridized carbons (Fsp3) is 0.231. The third kappa shape index (κ3) is 2.68. The first-order chi connectivity index (χ1) is 8.54. The lowest BCUT2D eigenvalue weighted by molar-refractivity contribution is -0.103. The van der Waals surface area contributed by atoms with Gasteiger partial charge >= 0.3 is 5.97 Å². The number of aromatic nitrogens is 1. The Balaban J connectivity index is 3.44. The van der Waals surface area contributed by atoms with Gasteiger partial charge in [-0.3, -0.25) is 4.79 Å². The summed E-state index contributed by atoms with van der Waals surface area (Å²) in [6.45, 7) is 7.24. The molecule has 5 heteroatoms. The number of hydrogen-bond acceptors (Lipinski definition) is 4. The van der Waals surface area contributed by atoms with E-state index in [2.05, 4.69) is 11.6 Å². The Morgan fingerprint density at radius 3 is 2.78 bits per heavy atom. The van der Waals surface area contributed by atoms with Gasteiger partial charge in [0.2, 0.25) is 0 Å². The molecule has 0 atom stereocenters. The fourth-order valence-corrected chi connectivity index (χ4v) is 1.47. The molecule has 0 spiro atoms. The summed E-state index contributed by atoms with van der Waals surface area (Å²) in [6, 6.07) is 1.43. The number of aliphatic hydroxyl groups excluding tert-OH is 1. The predicted octanol–water partition coefficient (Wildman–Crippen LogP) is 0.413. The molecule has 0 fully saturated rings. The first kappa shape index (κ1) is 13.8. The number of rotatable bonds is 4. The minimum absolute atomic E-state index is 0.0781. The number of aromatic amines is 1. The third-order valence-electron chi connectivity index (χ3n) is 2.35. The number of esters is 1. The van der Waals surface area contributed by atoms with E-state index in [1.807, 2.05) is 0 Å². The van der Waals surface area contributed by atoms with Gasteiger partial charge < -0.3 is 14.8 Å². The van der Waals surface area contributed by atoms with Crippen molar-refractivity contribution in [3.63, 3.8) is 0 Å². The average Bonchev–Trinajstić information content (AvgIpc) is 2.73. The highest BCUT2D eigenvalue weighted by atomic mass is 16.5. The van der Waals surface area contributed by atoms with E-state index in [-0.39, 0.29) is 23.6 Å². The van der Waals surface area contributed by atoms with Crippen molar-refractivity contribution >= 4 is 24.4 Å². The quantitative estimate of drug-likeness (QED) is 0.460. The third-order valence-corrected chi connectivity index (χ3v) is 2.35. The van der Waals surface area contributed by atoms with Crippen molar-refractivity contribution in [2.45, 2.75) is 13.8 Å². The van der Waals surface area contributed by atoms with Crippen molar-refractivity contribution in [3.05, 3.63) is 34.2 Å². The summed E-state index contributed by atoms with van der Waals surface area (Å²) >= 11 is 0. The van der Waals surface area contributed by atoms with Crippen LogP contribution in [-0.2, 0) is 9.53 Å². The number of H-pyrrole nitrogens is 1. The van der Waals surface area contributed by atoms with Crippen LogP contribution in [0.1, 0.15) is 24.3 Å². The molecule has 1 heterocycles. The van der Waals surface area contributed by atoms with E-state index in [9.17, 15) is 14.7 Å². The van der Waals surface area contributed by atoms with Crippen molar-refractivity contribution in [2.24, 2.45) is 0 Å². The number of allylic oxidation sites excluding steroid dienone is 2. The van der Waals surface area contributed by atoms with E-state index in [0.717, 1.165) is 0 Å². The molecule has 96 valence electrons. The van der Waals surface area contributed by atoms with E-state index in [1.54, 1.807) is 13.8 Å². The zero-order valence-electron chi connectivity index (χ0n) is 10.3. The maximum absolute atomic E-state index is 11.5. The van der Waals surface area contributed by atoms with Crippen LogP contribution < -0.4 is 10.6 Å². The Hall–Kier alpha value is -2.30. The van der Waals surface area contributed by atoms with Gasteiger partial charge in [0.1, 0.15) is 11.5 Å². The van der Waals surface area contributed by atoms with Crippen molar-refractivity contribution in [2.75, 3.05) is 6.61 Å². The van der Waals surface area contributed by atoms with E-state index < -0.39 is 5.97 Å². The van der Waals surface area contributed by atoms with Gasteiger partial charge in [0.05, 0.1) is 12.2 Å². The molecule has 0 bridgehead atoms. The maximum atomic E-state index is 11.5. The number of ether oxygens (including phenoxy) is 1. The molecule has 1 aromatic heterocycles. The summed E-state index contributed by atoms with van der Waals surface area (Å²) in [5.41, 5.74) is 0.273. The molecule has 0 radical (unpaired) electrons. The summed E-state index contributed by atoms with van der Waals surface area (Å²) < 4.78 is 4.82. The highest BCUT2D eigenvalue weighted by Gasteiger charge is 2.11. The van der Waals surface area contributed by atoms with Gasteiger partial charge in [-0.05, 0) is 26.0 Å². The molecule has 18 heavy (non-hydrogen) atoms. The van der Waals surface area contributed by atoms with Crippen LogP contribution in [0, 0.1) is 0 Å². The lowest BCUT2D eigenvalue weighted by Crippen LogP contribution is -2.24. The number of hydrogen-bond donors (Lipinski definition) is 2. The molecule has 0 saturated carbocycles. The SMILES string of the molecule is C=c1[nH]c(C(=O)OCC)c/c1=C(C=O)/C(O)=C\C. The van der Waals surface area contributed by atoms with Gasteiger partial charge in [0.25, 0.3) is 0 Å². The first-order valence-electron chi connectivity index (χ1n) is 5.45. The minimum Gasteiger partial charge on any atom is -0.508 e. The number of aliphatic hydroxyl groups is 1. The molecule has 1 aromatic rings. The molecule has 0 aliphatic rings. The molecule has 5 nitrogen and oxygen atoms in total. The molecule has 2 N–H and O–H groups in total. The lowest BCUT2D eigenvalue weighted by atomic mass is 10.2. The molecule has 0 aliphatic carbocycles. The number of carbonyl (C=O) groups excluding carboxylic acids is 2. The number of nitrogens with one attached hydrogen (secondary N) is 1. The summed E-state index contributed by atoms with van der Waals surface area (Å²) in [5.74, 6) is -0.692. The number of aldehydes is 1. The van der Waals surface area contributed by atoms with Crippen LogP contribution in [0.2, 0.25) is 0 Å². The maximum Gasteiger partial charge on any atom is 0.354 e. The second-order valence-electron chi connectivity index (χ2n) is 3.50. The van der Waals surface area contributed by atoms with Crippen LogP contribution in [0.15, 0.2) is 17.9 Å². The van der Waals surface area contributed by atoms with Crippen LogP contribution in [0.4, 0.5) is 0 Å². The lowest BCUT2D eigenvalue weighted by Gasteiger charge is -1.96. The van der Waals surface area contributed by atoms with Gasteiger partial charge in [0.15, 0.2) is 6.29 Å². The van der Waals surface area contributed by atoms with Gasteiger partial charge in [0, 0.05) is 10.6 Å². The highest BCUT2D eigenvalue weighted by molar-refractivity contribution is 6.05. The molecular weight excluding hydrogens is 234 g/mol. The predicted molar refractivity (Wildman–Crippen MR) is 67.4 cm³/mol. The largest absolute Gasteiger partial charge is 0.508 e. The van der Waals surface area contributed by atoms with Gasteiger partial charge in [-0.2, -0.15) is 0 Å². The van der Waals surface area contributed by atoms with Crippen molar-refractivity contribution in [1.82, 2.24) is 4.98 Å². The Bertz CT molecular complexity index is 595. The number of carbonyl (C=O) groups is 2. The molecule has 0 saturated heterocycles. The molecule has 0 aliphatic heterocycles. The van der Waals surface area contributed by atoms with E-state index in [0.29, 0.717) is 16.9 Å². The molecule has 0 amide bonds. The van der Waals surface area contributed by atoms with Crippen molar-refractivity contribution < 1.29 is 19.4 Å². The van der Waals surface area contributed by atoms with Gasteiger partial charge in [-0.15, -0.1) is 0 Å². The van der Waals surface area contributed by atoms with Crippen molar-refractivity contribution in [1.29, 1.82) is 0 Å². The second kappa shape index (κ2) is 5.86. The molecular formula is C13H15NO4. The van der Waals surface area contributed by atoms with E-state index in [1.165, 1.54) is 12.1 Å².